The zero-order valence-electron chi connectivity index (χ0n) is 19.2. The monoisotopic (exact) mass is 394 g/mol. The second kappa shape index (κ2) is 14.1. The van der Waals surface area contributed by atoms with E-state index in [9.17, 15) is 0 Å². The Balaban J connectivity index is 1.49. The molecule has 0 bridgehead atoms. The van der Waals surface area contributed by atoms with Gasteiger partial charge in [-0.05, 0) is 54.4 Å². The van der Waals surface area contributed by atoms with Gasteiger partial charge in [0.1, 0.15) is 0 Å². The minimum atomic E-state index is 1.18. The van der Waals surface area contributed by atoms with Crippen molar-refractivity contribution < 1.29 is 0 Å². The Hall–Kier alpha value is -1.04. The summed E-state index contributed by atoms with van der Waals surface area (Å²) in [7, 11) is 0. The zero-order valence-corrected chi connectivity index (χ0v) is 19.2. The van der Waals surface area contributed by atoms with Crippen LogP contribution in [-0.2, 0) is 19.3 Å². The third-order valence-corrected chi connectivity index (χ3v) is 7.31. The van der Waals surface area contributed by atoms with Crippen LogP contribution in [0, 0.1) is 0 Å². The molecule has 1 aromatic carbocycles. The molecule has 0 nitrogen and oxygen atoms in total. The van der Waals surface area contributed by atoms with Gasteiger partial charge in [0.2, 0.25) is 0 Å². The average molecular weight is 395 g/mol. The maximum atomic E-state index is 2.46. The van der Waals surface area contributed by atoms with Gasteiger partial charge in [0.05, 0.1) is 0 Å². The van der Waals surface area contributed by atoms with Gasteiger partial charge >= 0.3 is 0 Å². The highest BCUT2D eigenvalue weighted by Gasteiger charge is 2.14. The van der Waals surface area contributed by atoms with Crippen molar-refractivity contribution in [2.24, 2.45) is 0 Å². The molecule has 0 heteroatoms. The molecule has 0 N–H and O–H groups in total. The fourth-order valence-corrected chi connectivity index (χ4v) is 5.45. The van der Waals surface area contributed by atoms with Crippen molar-refractivity contribution in [1.82, 2.24) is 0 Å². The lowest BCUT2D eigenvalue weighted by Crippen LogP contribution is -2.01. The van der Waals surface area contributed by atoms with Crippen LogP contribution in [0.1, 0.15) is 138 Å². The van der Waals surface area contributed by atoms with Gasteiger partial charge in [-0.25, -0.2) is 0 Å². The molecule has 3 rings (SSSR count). The van der Waals surface area contributed by atoms with Crippen molar-refractivity contribution in [3.8, 4) is 0 Å². The Morgan fingerprint density at radius 2 is 0.862 bits per heavy atom. The van der Waals surface area contributed by atoms with Gasteiger partial charge in [0, 0.05) is 0 Å². The molecule has 0 atom stereocenters. The molecule has 0 radical (unpaired) electrons. The largest absolute Gasteiger partial charge is 0.0795 e. The zero-order chi connectivity index (χ0) is 20.0. The summed E-state index contributed by atoms with van der Waals surface area (Å²) in [6, 6.07) is 4.85. The lowest BCUT2D eigenvalue weighted by Gasteiger charge is -2.15. The summed E-state index contributed by atoms with van der Waals surface area (Å²) in [5, 5.41) is 0. The average Bonchev–Trinajstić information content (AvgIpc) is 3.21. The number of rotatable bonds is 0. The molecule has 29 heavy (non-hydrogen) atoms. The maximum Gasteiger partial charge on any atom is -0.00853 e. The van der Waals surface area contributed by atoms with Gasteiger partial charge in [0.25, 0.3) is 0 Å². The summed E-state index contributed by atoms with van der Waals surface area (Å²) in [6.07, 6.45) is 34.7. The van der Waals surface area contributed by atoms with Gasteiger partial charge in [-0.15, -0.1) is 0 Å². The smallest absolute Gasteiger partial charge is 0.00853 e. The minimum absolute atomic E-state index is 1.18. The number of hydrogen-bond acceptors (Lipinski definition) is 0. The van der Waals surface area contributed by atoms with E-state index in [0.717, 1.165) is 0 Å². The normalized spacial score (nSPS) is 21.5. The van der Waals surface area contributed by atoms with Crippen molar-refractivity contribution in [1.29, 1.82) is 0 Å². The summed E-state index contributed by atoms with van der Waals surface area (Å²) < 4.78 is 0. The van der Waals surface area contributed by atoms with E-state index in [1.54, 1.807) is 16.7 Å². The first kappa shape index (κ1) is 22.6. The predicted octanol–water partition coefficient (Wildman–Crippen LogP) is 9.38. The van der Waals surface area contributed by atoms with Crippen molar-refractivity contribution in [3.63, 3.8) is 0 Å². The predicted molar refractivity (Wildman–Crippen MR) is 130 cm³/mol. The highest BCUT2D eigenvalue weighted by molar-refractivity contribution is 5.63. The van der Waals surface area contributed by atoms with Crippen LogP contribution in [0.25, 0.3) is 6.08 Å². The Morgan fingerprint density at radius 1 is 0.414 bits per heavy atom. The van der Waals surface area contributed by atoms with Gasteiger partial charge in [0.15, 0.2) is 0 Å². The lowest BCUT2D eigenvalue weighted by atomic mass is 9.90. The van der Waals surface area contributed by atoms with Crippen molar-refractivity contribution >= 4 is 6.08 Å². The van der Waals surface area contributed by atoms with Gasteiger partial charge in [-0.1, -0.05) is 127 Å². The fraction of sp³-hybridized carbons (Fsp3) is 0.724. The third-order valence-electron chi connectivity index (χ3n) is 7.31. The molecule has 0 aromatic heterocycles. The molecule has 0 fully saturated rings. The second-order valence-corrected chi connectivity index (χ2v) is 9.74. The molecule has 2 aliphatic carbocycles. The number of benzene rings is 1. The van der Waals surface area contributed by atoms with Gasteiger partial charge < -0.3 is 0 Å². The number of aryl methyl sites for hydroxylation is 1. The first-order chi connectivity index (χ1) is 14.4. The molecule has 162 valence electrons. The van der Waals surface area contributed by atoms with E-state index in [-0.39, 0.29) is 0 Å². The van der Waals surface area contributed by atoms with Crippen LogP contribution in [-0.4, -0.2) is 0 Å². The molecule has 0 unspecified atom stereocenters. The van der Waals surface area contributed by atoms with Crippen LogP contribution in [0.4, 0.5) is 0 Å². The Morgan fingerprint density at radius 3 is 1.38 bits per heavy atom. The van der Waals surface area contributed by atoms with Gasteiger partial charge in [-0.3, -0.25) is 0 Å². The lowest BCUT2D eigenvalue weighted by molar-refractivity contribution is 0.522. The molecule has 0 aliphatic heterocycles. The minimum Gasteiger partial charge on any atom is -0.0795 e. The number of fused-ring (bicyclic) bond motifs is 3. The summed E-state index contributed by atoms with van der Waals surface area (Å²) >= 11 is 0. The quantitative estimate of drug-likeness (QED) is 0.411. The third kappa shape index (κ3) is 8.31. The summed E-state index contributed by atoms with van der Waals surface area (Å²) in [5.74, 6) is 0. The molecular formula is C29H46. The number of allylic oxidation sites excluding steroid dienone is 1. The first-order valence-electron chi connectivity index (χ1n) is 13.3. The molecule has 0 saturated carbocycles. The van der Waals surface area contributed by atoms with Crippen molar-refractivity contribution in [2.75, 3.05) is 0 Å². The van der Waals surface area contributed by atoms with Crippen LogP contribution in [0.5, 0.6) is 0 Å². The van der Waals surface area contributed by atoms with E-state index >= 15 is 0 Å². The molecule has 0 amide bonds. The van der Waals surface area contributed by atoms with E-state index in [1.165, 1.54) is 140 Å². The highest BCUT2D eigenvalue weighted by atomic mass is 14.2. The molecule has 1 aromatic rings. The summed E-state index contributed by atoms with van der Waals surface area (Å²) in [4.78, 5) is 0. The summed E-state index contributed by atoms with van der Waals surface area (Å²) in [6.45, 7) is 0. The molecule has 0 heterocycles. The Bertz CT molecular complexity index is 594. The van der Waals surface area contributed by atoms with E-state index in [1.807, 2.05) is 0 Å². The Kier molecular flexibility index (Phi) is 11.0. The topological polar surface area (TPSA) is 0 Å². The van der Waals surface area contributed by atoms with Crippen LogP contribution in [0.2, 0.25) is 0 Å². The summed E-state index contributed by atoms with van der Waals surface area (Å²) in [5.41, 5.74) is 6.58. The van der Waals surface area contributed by atoms with Crippen LogP contribution >= 0.6 is 0 Å². The number of hydrogen-bond donors (Lipinski definition) is 0. The SMILES string of the molecule is C1=Cc2ccc3c(c2C1)CCCCCCCCCCCCCCCCCCCC3. The van der Waals surface area contributed by atoms with Crippen LogP contribution in [0.3, 0.4) is 0 Å². The van der Waals surface area contributed by atoms with E-state index in [0.29, 0.717) is 0 Å². The van der Waals surface area contributed by atoms with E-state index in [2.05, 4.69) is 24.3 Å². The molecule has 0 saturated heterocycles. The van der Waals surface area contributed by atoms with Crippen molar-refractivity contribution in [3.05, 3.63) is 40.5 Å². The fourth-order valence-electron chi connectivity index (χ4n) is 5.45. The standard InChI is InChI=1S/C29H46/c1-2-4-6-8-10-12-14-16-18-22-28-26(24-25-27-21-19-23-29(27)28)20-17-15-13-11-9-7-5-3-1/h19,21,24-25H,1-18,20,22-23H2. The van der Waals surface area contributed by atoms with Gasteiger partial charge in [-0.2, -0.15) is 0 Å². The second-order valence-electron chi connectivity index (χ2n) is 9.74. The molecule has 0 spiro atoms. The maximum absolute atomic E-state index is 2.46. The van der Waals surface area contributed by atoms with Crippen LogP contribution in [0.15, 0.2) is 18.2 Å². The van der Waals surface area contributed by atoms with E-state index < -0.39 is 0 Å². The Labute approximate surface area is 181 Å². The van der Waals surface area contributed by atoms with E-state index in [4.69, 9.17) is 0 Å². The molecule has 2 aliphatic rings. The molecular weight excluding hydrogens is 348 g/mol. The van der Waals surface area contributed by atoms with Crippen LogP contribution < -0.4 is 0 Å². The van der Waals surface area contributed by atoms with Crippen molar-refractivity contribution in [2.45, 2.75) is 135 Å². The first-order valence-corrected chi connectivity index (χ1v) is 13.3. The highest BCUT2D eigenvalue weighted by Crippen LogP contribution is 2.29.